The van der Waals surface area contributed by atoms with Crippen LogP contribution in [0.1, 0.15) is 0 Å². The molecule has 0 saturated heterocycles. The van der Waals surface area contributed by atoms with Gasteiger partial charge in [-0.2, -0.15) is 0 Å². The average Bonchev–Trinajstić information content (AvgIpc) is 2.55. The van der Waals surface area contributed by atoms with Gasteiger partial charge in [-0.15, -0.1) is 0 Å². The van der Waals surface area contributed by atoms with Gasteiger partial charge in [0.05, 0.1) is 13.2 Å². The summed E-state index contributed by atoms with van der Waals surface area (Å²) in [5.41, 5.74) is 0. The zero-order valence-corrected chi connectivity index (χ0v) is 11.7. The Morgan fingerprint density at radius 3 is 1.35 bits per heavy atom. The van der Waals surface area contributed by atoms with Crippen LogP contribution in [-0.2, 0) is 14.2 Å². The number of hydrogen-bond acceptors (Lipinski definition) is 11. The van der Waals surface area contributed by atoms with Crippen molar-refractivity contribution >= 4 is 0 Å². The molecule has 11 nitrogen and oxygen atoms in total. The van der Waals surface area contributed by atoms with Crippen LogP contribution in [0.15, 0.2) is 23.0 Å². The predicted molar refractivity (Wildman–Crippen MR) is 69.2 cm³/mol. The summed E-state index contributed by atoms with van der Waals surface area (Å²) in [4.78, 5) is 0. The predicted octanol–water partition coefficient (Wildman–Crippen LogP) is -2.19. The molecule has 2 aliphatic heterocycles. The van der Waals surface area contributed by atoms with Gasteiger partial charge in [-0.25, -0.2) is 0 Å². The van der Waals surface area contributed by atoms with Crippen LogP contribution >= 0.6 is 0 Å². The van der Waals surface area contributed by atoms with Crippen LogP contribution in [0.25, 0.3) is 0 Å². The lowest BCUT2D eigenvalue weighted by Gasteiger charge is -2.36. The van der Waals surface area contributed by atoms with Gasteiger partial charge >= 0.3 is 0 Å². The fourth-order valence-corrected chi connectivity index (χ4v) is 2.08. The second kappa shape index (κ2) is 6.88. The van der Waals surface area contributed by atoms with Crippen molar-refractivity contribution in [2.45, 2.75) is 37.0 Å². The zero-order valence-electron chi connectivity index (χ0n) is 11.7. The van der Waals surface area contributed by atoms with E-state index >= 15 is 0 Å². The molecule has 0 aromatic heterocycles. The van der Waals surface area contributed by atoms with Crippen LogP contribution in [0.2, 0.25) is 0 Å². The van der Waals surface area contributed by atoms with Crippen molar-refractivity contribution in [1.29, 1.82) is 0 Å². The van der Waals surface area contributed by atoms with E-state index in [4.69, 9.17) is 24.4 Å². The van der Waals surface area contributed by atoms with Crippen LogP contribution in [-0.4, -0.2) is 91.1 Å². The maximum absolute atomic E-state index is 9.70. The first-order valence-electron chi connectivity index (χ1n) is 6.60. The Bertz CT molecular complexity index is 457. The molecule has 0 aliphatic carbocycles. The molecule has 2 heterocycles. The molecule has 132 valence electrons. The van der Waals surface area contributed by atoms with E-state index in [9.17, 15) is 30.6 Å². The molecule has 0 amide bonds. The summed E-state index contributed by atoms with van der Waals surface area (Å²) in [6.07, 6.45) is -9.50. The van der Waals surface area contributed by atoms with Gasteiger partial charge in [0, 0.05) is 0 Å². The molecule has 0 unspecified atom stereocenters. The SMILES string of the molecule is OC[C@H]1O[C@H](O[C@H]2O[C@H](CO)[C@@H](O)C(O)=C2O)C(O)=C(O)[C@@H]1O. The fourth-order valence-electron chi connectivity index (χ4n) is 2.08. The highest BCUT2D eigenvalue weighted by atomic mass is 16.8. The largest absolute Gasteiger partial charge is 0.506 e. The zero-order chi connectivity index (χ0) is 17.3. The Morgan fingerprint density at radius 2 is 1.04 bits per heavy atom. The summed E-state index contributed by atoms with van der Waals surface area (Å²) in [5, 5.41) is 75.7. The lowest BCUT2D eigenvalue weighted by Crippen LogP contribution is -2.49. The van der Waals surface area contributed by atoms with Gasteiger partial charge < -0.3 is 55.1 Å². The molecule has 0 bridgehead atoms. The molecule has 2 rings (SSSR count). The molecular formula is C12H18O11. The van der Waals surface area contributed by atoms with E-state index in [1.807, 2.05) is 0 Å². The van der Waals surface area contributed by atoms with Gasteiger partial charge in [-0.1, -0.05) is 0 Å². The molecule has 0 spiro atoms. The number of hydrogen-bond donors (Lipinski definition) is 8. The summed E-state index contributed by atoms with van der Waals surface area (Å²) in [7, 11) is 0. The molecule has 23 heavy (non-hydrogen) atoms. The van der Waals surface area contributed by atoms with Gasteiger partial charge in [0.15, 0.2) is 23.0 Å². The van der Waals surface area contributed by atoms with E-state index < -0.39 is 73.2 Å². The third-order valence-corrected chi connectivity index (χ3v) is 3.44. The van der Waals surface area contributed by atoms with Crippen LogP contribution in [0, 0.1) is 0 Å². The van der Waals surface area contributed by atoms with Gasteiger partial charge in [0.2, 0.25) is 12.6 Å². The highest BCUT2D eigenvalue weighted by Crippen LogP contribution is 2.29. The first-order chi connectivity index (χ1) is 10.8. The normalized spacial score (nSPS) is 39.0. The minimum Gasteiger partial charge on any atom is -0.506 e. The summed E-state index contributed by atoms with van der Waals surface area (Å²) in [5.74, 6) is -3.65. The second-order valence-corrected chi connectivity index (χ2v) is 4.94. The average molecular weight is 338 g/mol. The van der Waals surface area contributed by atoms with Gasteiger partial charge in [0.25, 0.3) is 0 Å². The highest BCUT2D eigenvalue weighted by Gasteiger charge is 2.43. The Labute approximate surface area is 129 Å². The maximum atomic E-state index is 9.70. The van der Waals surface area contributed by atoms with E-state index in [2.05, 4.69) is 0 Å². The van der Waals surface area contributed by atoms with Gasteiger partial charge in [-0.3, -0.25) is 0 Å². The minimum absolute atomic E-state index is 0.713. The van der Waals surface area contributed by atoms with Crippen molar-refractivity contribution in [2.24, 2.45) is 0 Å². The third-order valence-electron chi connectivity index (χ3n) is 3.44. The summed E-state index contributed by atoms with van der Waals surface area (Å²) >= 11 is 0. The smallest absolute Gasteiger partial charge is 0.223 e. The number of aliphatic hydroxyl groups excluding tert-OH is 8. The van der Waals surface area contributed by atoms with E-state index in [-0.39, 0.29) is 0 Å². The van der Waals surface area contributed by atoms with Crippen molar-refractivity contribution in [1.82, 2.24) is 0 Å². The molecule has 6 atom stereocenters. The van der Waals surface area contributed by atoms with Crippen molar-refractivity contribution in [3.05, 3.63) is 23.0 Å². The number of aliphatic hydroxyl groups is 8. The molecule has 8 N–H and O–H groups in total. The maximum Gasteiger partial charge on any atom is 0.223 e. The minimum atomic E-state index is -1.75. The monoisotopic (exact) mass is 338 g/mol. The van der Waals surface area contributed by atoms with Gasteiger partial charge in [0.1, 0.15) is 24.4 Å². The fraction of sp³-hybridized carbons (Fsp3) is 0.667. The van der Waals surface area contributed by atoms with Crippen LogP contribution in [0.4, 0.5) is 0 Å². The Balaban J connectivity index is 2.21. The van der Waals surface area contributed by atoms with E-state index in [1.54, 1.807) is 0 Å². The standard InChI is InChI=1S/C12H18O11/c13-1-3-5(15)7(17)9(19)11(21-3)23-12-10(20)8(18)6(16)4(2-14)22-12/h3-6,11-20H,1-2H2/t3-,4-,5-,6-,11-,12-/m1/s1. The third kappa shape index (κ3) is 3.21. The van der Waals surface area contributed by atoms with Crippen LogP contribution in [0.5, 0.6) is 0 Å². The van der Waals surface area contributed by atoms with E-state index in [0.29, 0.717) is 0 Å². The molecule has 2 aliphatic rings. The summed E-state index contributed by atoms with van der Waals surface area (Å²) in [6, 6.07) is 0. The number of ether oxygens (including phenoxy) is 3. The Morgan fingerprint density at radius 1 is 0.696 bits per heavy atom. The summed E-state index contributed by atoms with van der Waals surface area (Å²) < 4.78 is 15.0. The first-order valence-corrected chi connectivity index (χ1v) is 6.60. The van der Waals surface area contributed by atoms with Crippen LogP contribution in [0.3, 0.4) is 0 Å². The molecule has 0 saturated carbocycles. The van der Waals surface area contributed by atoms with E-state index in [0.717, 1.165) is 0 Å². The molecule has 0 aromatic rings. The van der Waals surface area contributed by atoms with Crippen molar-refractivity contribution in [3.63, 3.8) is 0 Å². The molecule has 0 radical (unpaired) electrons. The van der Waals surface area contributed by atoms with E-state index in [1.165, 1.54) is 0 Å². The molecule has 11 heteroatoms. The second-order valence-electron chi connectivity index (χ2n) is 4.94. The molecular weight excluding hydrogens is 320 g/mol. The first kappa shape index (κ1) is 17.7. The topological polar surface area (TPSA) is 190 Å². The Kier molecular flexibility index (Phi) is 5.31. The summed E-state index contributed by atoms with van der Waals surface area (Å²) in [6.45, 7) is -1.43. The van der Waals surface area contributed by atoms with Crippen molar-refractivity contribution in [3.8, 4) is 0 Å². The lowest BCUT2D eigenvalue weighted by molar-refractivity contribution is -0.291. The van der Waals surface area contributed by atoms with Crippen LogP contribution < -0.4 is 0 Å². The molecule has 0 aromatic carbocycles. The van der Waals surface area contributed by atoms with Gasteiger partial charge in [-0.05, 0) is 0 Å². The van der Waals surface area contributed by atoms with Crippen molar-refractivity contribution in [2.75, 3.05) is 13.2 Å². The lowest BCUT2D eigenvalue weighted by atomic mass is 10.1. The molecule has 0 fully saturated rings. The quantitative estimate of drug-likeness (QED) is 0.278. The van der Waals surface area contributed by atoms with Crippen molar-refractivity contribution < 1.29 is 55.1 Å². The highest BCUT2D eigenvalue weighted by molar-refractivity contribution is 5.15. The number of rotatable bonds is 4. The Hall–Kier alpha value is -1.60.